The van der Waals surface area contributed by atoms with Gasteiger partial charge >= 0.3 is 0 Å². The largest absolute Gasteiger partial charge is 0.298 e. The van der Waals surface area contributed by atoms with Crippen molar-refractivity contribution in [3.8, 4) is 0 Å². The summed E-state index contributed by atoms with van der Waals surface area (Å²) in [6.45, 7) is 9.03. The van der Waals surface area contributed by atoms with Crippen molar-refractivity contribution in [1.29, 1.82) is 0 Å². The maximum atomic E-state index is 2.94. The molecule has 3 fully saturated rings. The van der Waals surface area contributed by atoms with E-state index in [0.717, 1.165) is 12.1 Å². The van der Waals surface area contributed by atoms with Crippen LogP contribution < -0.4 is 0 Å². The second-order valence-electron chi connectivity index (χ2n) is 7.42. The number of hydrogen-bond acceptors (Lipinski definition) is 2. The Morgan fingerprint density at radius 3 is 2.53 bits per heavy atom. The lowest BCUT2D eigenvalue weighted by molar-refractivity contribution is -0.0611. The van der Waals surface area contributed by atoms with Crippen LogP contribution in [0.4, 0.5) is 0 Å². The van der Waals surface area contributed by atoms with Crippen molar-refractivity contribution in [2.24, 2.45) is 0 Å². The van der Waals surface area contributed by atoms with Gasteiger partial charge in [0.05, 0.1) is 0 Å². The Kier molecular flexibility index (Phi) is 4.19. The average molecular weight is 264 g/mol. The van der Waals surface area contributed by atoms with Crippen molar-refractivity contribution in [3.05, 3.63) is 0 Å². The highest BCUT2D eigenvalue weighted by Crippen LogP contribution is 2.38. The van der Waals surface area contributed by atoms with Gasteiger partial charge in [-0.3, -0.25) is 9.80 Å². The minimum atomic E-state index is 0.516. The van der Waals surface area contributed by atoms with Crippen LogP contribution in [0.2, 0.25) is 0 Å². The SMILES string of the molecule is CCC1CN2CCCCC2CN1C1(C)CCCCC1. The summed E-state index contributed by atoms with van der Waals surface area (Å²) in [5.74, 6) is 0. The van der Waals surface area contributed by atoms with Crippen LogP contribution in [0.15, 0.2) is 0 Å². The van der Waals surface area contributed by atoms with Crippen LogP contribution in [-0.2, 0) is 0 Å². The lowest BCUT2D eigenvalue weighted by Gasteiger charge is -2.56. The standard InChI is InChI=1S/C17H32N2/c1-3-15-13-18-12-8-5-9-16(18)14-19(15)17(2)10-6-4-7-11-17/h15-16H,3-14H2,1-2H3. The Morgan fingerprint density at radius 2 is 1.79 bits per heavy atom. The lowest BCUT2D eigenvalue weighted by atomic mass is 9.79. The third kappa shape index (κ3) is 2.71. The molecule has 0 spiro atoms. The monoisotopic (exact) mass is 264 g/mol. The molecule has 3 aliphatic rings. The number of hydrogen-bond donors (Lipinski definition) is 0. The molecule has 2 saturated heterocycles. The topological polar surface area (TPSA) is 6.48 Å². The first-order valence-corrected chi connectivity index (χ1v) is 8.74. The van der Waals surface area contributed by atoms with Crippen LogP contribution in [0.5, 0.6) is 0 Å². The average Bonchev–Trinajstić information content (AvgIpc) is 2.46. The Labute approximate surface area is 119 Å². The van der Waals surface area contributed by atoms with E-state index in [0.29, 0.717) is 5.54 Å². The molecule has 19 heavy (non-hydrogen) atoms. The van der Waals surface area contributed by atoms with Crippen LogP contribution in [0.1, 0.15) is 71.6 Å². The van der Waals surface area contributed by atoms with Gasteiger partial charge in [-0.05, 0) is 45.6 Å². The minimum absolute atomic E-state index is 0.516. The first kappa shape index (κ1) is 13.9. The van der Waals surface area contributed by atoms with Gasteiger partial charge < -0.3 is 0 Å². The second-order valence-corrected chi connectivity index (χ2v) is 7.42. The van der Waals surface area contributed by atoms with Crippen molar-refractivity contribution in [2.45, 2.75) is 89.3 Å². The normalized spacial score (nSPS) is 36.9. The number of rotatable bonds is 2. The van der Waals surface area contributed by atoms with E-state index in [1.807, 2.05) is 0 Å². The first-order chi connectivity index (χ1) is 9.23. The van der Waals surface area contributed by atoms with Gasteiger partial charge in [0.15, 0.2) is 0 Å². The number of fused-ring (bicyclic) bond motifs is 1. The molecule has 0 bridgehead atoms. The smallest absolute Gasteiger partial charge is 0.0226 e. The number of nitrogens with zero attached hydrogens (tertiary/aromatic N) is 2. The fourth-order valence-electron chi connectivity index (χ4n) is 4.86. The fourth-order valence-corrected chi connectivity index (χ4v) is 4.86. The highest BCUT2D eigenvalue weighted by Gasteiger charge is 2.42. The molecule has 0 amide bonds. The molecule has 0 aromatic carbocycles. The predicted octanol–water partition coefficient (Wildman–Crippen LogP) is 3.66. The molecule has 1 saturated carbocycles. The molecule has 2 aliphatic heterocycles. The highest BCUT2D eigenvalue weighted by molar-refractivity contribution is 4.99. The van der Waals surface area contributed by atoms with Crippen molar-refractivity contribution in [2.75, 3.05) is 19.6 Å². The molecule has 0 N–H and O–H groups in total. The van der Waals surface area contributed by atoms with Gasteiger partial charge in [-0.2, -0.15) is 0 Å². The van der Waals surface area contributed by atoms with Gasteiger partial charge in [0.2, 0.25) is 0 Å². The third-order valence-corrected chi connectivity index (χ3v) is 6.14. The third-order valence-electron chi connectivity index (χ3n) is 6.14. The van der Waals surface area contributed by atoms with Crippen LogP contribution in [0.25, 0.3) is 0 Å². The van der Waals surface area contributed by atoms with Gasteiger partial charge in [0.25, 0.3) is 0 Å². The van der Waals surface area contributed by atoms with Gasteiger partial charge in [-0.15, -0.1) is 0 Å². The van der Waals surface area contributed by atoms with Crippen LogP contribution in [0.3, 0.4) is 0 Å². The van der Waals surface area contributed by atoms with Crippen LogP contribution >= 0.6 is 0 Å². The van der Waals surface area contributed by atoms with Crippen LogP contribution in [0, 0.1) is 0 Å². The highest BCUT2D eigenvalue weighted by atomic mass is 15.3. The Hall–Kier alpha value is -0.0800. The quantitative estimate of drug-likeness (QED) is 0.751. The summed E-state index contributed by atoms with van der Waals surface area (Å²) in [6.07, 6.45) is 12.9. The molecular formula is C17H32N2. The lowest BCUT2D eigenvalue weighted by Crippen LogP contribution is -2.65. The molecule has 2 nitrogen and oxygen atoms in total. The van der Waals surface area contributed by atoms with E-state index in [2.05, 4.69) is 23.6 Å². The van der Waals surface area contributed by atoms with Crippen molar-refractivity contribution < 1.29 is 0 Å². The van der Waals surface area contributed by atoms with E-state index in [1.165, 1.54) is 77.4 Å². The first-order valence-electron chi connectivity index (χ1n) is 8.74. The molecule has 0 radical (unpaired) electrons. The Balaban J connectivity index is 1.74. The molecule has 1 aliphatic carbocycles. The van der Waals surface area contributed by atoms with E-state index >= 15 is 0 Å². The van der Waals surface area contributed by atoms with Crippen molar-refractivity contribution >= 4 is 0 Å². The molecule has 2 unspecified atom stereocenters. The Morgan fingerprint density at radius 1 is 1.00 bits per heavy atom. The molecule has 0 aromatic heterocycles. The molecular weight excluding hydrogens is 232 g/mol. The minimum Gasteiger partial charge on any atom is -0.298 e. The van der Waals surface area contributed by atoms with E-state index in [1.54, 1.807) is 0 Å². The maximum absolute atomic E-state index is 2.94. The van der Waals surface area contributed by atoms with Crippen LogP contribution in [-0.4, -0.2) is 47.1 Å². The fraction of sp³-hybridized carbons (Fsp3) is 1.00. The van der Waals surface area contributed by atoms with Gasteiger partial charge in [0.1, 0.15) is 0 Å². The molecule has 3 rings (SSSR count). The van der Waals surface area contributed by atoms with Gasteiger partial charge in [-0.1, -0.05) is 32.6 Å². The maximum Gasteiger partial charge on any atom is 0.0226 e. The number of piperidine rings is 1. The summed E-state index contributed by atoms with van der Waals surface area (Å²) >= 11 is 0. The van der Waals surface area contributed by atoms with E-state index in [4.69, 9.17) is 0 Å². The second kappa shape index (κ2) is 5.73. The summed E-state index contributed by atoms with van der Waals surface area (Å²) in [5.41, 5.74) is 0.516. The summed E-state index contributed by atoms with van der Waals surface area (Å²) in [7, 11) is 0. The zero-order valence-corrected chi connectivity index (χ0v) is 13.0. The molecule has 110 valence electrons. The molecule has 2 heteroatoms. The van der Waals surface area contributed by atoms with Gasteiger partial charge in [0, 0.05) is 30.7 Å². The van der Waals surface area contributed by atoms with E-state index in [9.17, 15) is 0 Å². The molecule has 0 aromatic rings. The molecule has 2 heterocycles. The molecule has 2 atom stereocenters. The summed E-state index contributed by atoms with van der Waals surface area (Å²) in [6, 6.07) is 1.69. The summed E-state index contributed by atoms with van der Waals surface area (Å²) in [5, 5.41) is 0. The van der Waals surface area contributed by atoms with E-state index < -0.39 is 0 Å². The summed E-state index contributed by atoms with van der Waals surface area (Å²) in [4.78, 5) is 5.75. The van der Waals surface area contributed by atoms with Crippen molar-refractivity contribution in [1.82, 2.24) is 9.80 Å². The zero-order chi connectivity index (χ0) is 13.3. The number of piperazine rings is 1. The van der Waals surface area contributed by atoms with E-state index in [-0.39, 0.29) is 0 Å². The predicted molar refractivity (Wildman–Crippen MR) is 81.5 cm³/mol. The zero-order valence-electron chi connectivity index (χ0n) is 13.0. The summed E-state index contributed by atoms with van der Waals surface area (Å²) < 4.78 is 0. The van der Waals surface area contributed by atoms with Crippen molar-refractivity contribution in [3.63, 3.8) is 0 Å². The Bertz CT molecular complexity index is 296. The van der Waals surface area contributed by atoms with Gasteiger partial charge in [-0.25, -0.2) is 0 Å².